The molecule has 4 heteroatoms. The summed E-state index contributed by atoms with van der Waals surface area (Å²) in [5.74, 6) is 4.03. The lowest BCUT2D eigenvalue weighted by Crippen LogP contribution is -2.35. The van der Waals surface area contributed by atoms with E-state index in [2.05, 4.69) is 14.8 Å². The summed E-state index contributed by atoms with van der Waals surface area (Å²) < 4.78 is 2.10. The number of nitrogens with two attached hydrogens (primary N) is 1. The van der Waals surface area contributed by atoms with Crippen molar-refractivity contribution in [3.63, 3.8) is 0 Å². The fourth-order valence-corrected chi connectivity index (χ4v) is 3.43. The molecule has 3 rings (SSSR count). The van der Waals surface area contributed by atoms with Gasteiger partial charge in [-0.3, -0.25) is 0 Å². The Morgan fingerprint density at radius 3 is 2.53 bits per heavy atom. The van der Waals surface area contributed by atoms with Gasteiger partial charge in [-0.05, 0) is 38.0 Å². The smallest absolute Gasteiger partial charge is 0.137 e. The minimum absolute atomic E-state index is 0.311. The Labute approximate surface area is 89.9 Å². The Balaban J connectivity index is 1.98. The molecule has 0 saturated heterocycles. The number of nitrogens with zero attached hydrogens (tertiary/aromatic N) is 3. The molecule has 82 valence electrons. The van der Waals surface area contributed by atoms with E-state index in [9.17, 15) is 0 Å². The van der Waals surface area contributed by atoms with Gasteiger partial charge in [-0.15, -0.1) is 10.2 Å². The van der Waals surface area contributed by atoms with Gasteiger partial charge in [0.05, 0.1) is 0 Å². The zero-order valence-electron chi connectivity index (χ0n) is 9.35. The number of rotatable bonds is 1. The maximum Gasteiger partial charge on any atom is 0.137 e. The lowest BCUT2D eigenvalue weighted by Gasteiger charge is -2.27. The molecule has 0 radical (unpaired) electrons. The fourth-order valence-electron chi connectivity index (χ4n) is 3.43. The molecule has 4 nitrogen and oxygen atoms in total. The first-order valence-electron chi connectivity index (χ1n) is 5.80. The van der Waals surface area contributed by atoms with Crippen molar-refractivity contribution in [2.45, 2.75) is 38.1 Å². The SMILES string of the molecule is Cc1nnc(C2C3CCC(C3)C2N)n1C. The van der Waals surface area contributed by atoms with Crippen LogP contribution in [0.4, 0.5) is 0 Å². The van der Waals surface area contributed by atoms with E-state index in [1.54, 1.807) is 0 Å². The molecular formula is C11H18N4. The summed E-state index contributed by atoms with van der Waals surface area (Å²) in [7, 11) is 2.05. The first-order valence-corrected chi connectivity index (χ1v) is 5.80. The maximum atomic E-state index is 6.29. The van der Waals surface area contributed by atoms with E-state index in [1.165, 1.54) is 19.3 Å². The number of hydrogen-bond acceptors (Lipinski definition) is 3. The van der Waals surface area contributed by atoms with Crippen LogP contribution in [0.15, 0.2) is 0 Å². The molecule has 0 aromatic carbocycles. The Morgan fingerprint density at radius 1 is 1.27 bits per heavy atom. The van der Waals surface area contributed by atoms with Crippen molar-refractivity contribution < 1.29 is 0 Å². The van der Waals surface area contributed by atoms with Crippen LogP contribution in [-0.4, -0.2) is 20.8 Å². The molecule has 1 heterocycles. The maximum absolute atomic E-state index is 6.29. The highest BCUT2D eigenvalue weighted by molar-refractivity contribution is 5.14. The van der Waals surface area contributed by atoms with Crippen molar-refractivity contribution in [2.24, 2.45) is 24.6 Å². The summed E-state index contributed by atoms with van der Waals surface area (Å²) in [5.41, 5.74) is 6.29. The zero-order chi connectivity index (χ0) is 10.6. The van der Waals surface area contributed by atoms with Crippen LogP contribution in [-0.2, 0) is 7.05 Å². The van der Waals surface area contributed by atoms with Gasteiger partial charge >= 0.3 is 0 Å². The Kier molecular flexibility index (Phi) is 1.89. The van der Waals surface area contributed by atoms with Gasteiger partial charge in [-0.2, -0.15) is 0 Å². The highest BCUT2D eigenvalue weighted by atomic mass is 15.3. The number of aromatic nitrogens is 3. The predicted molar refractivity (Wildman–Crippen MR) is 57.3 cm³/mol. The van der Waals surface area contributed by atoms with Crippen molar-refractivity contribution in [1.29, 1.82) is 0 Å². The summed E-state index contributed by atoms with van der Waals surface area (Å²) in [6.07, 6.45) is 3.95. The normalized spacial score (nSPS) is 38.9. The monoisotopic (exact) mass is 206 g/mol. The van der Waals surface area contributed by atoms with Crippen LogP contribution in [0.3, 0.4) is 0 Å². The van der Waals surface area contributed by atoms with Gasteiger partial charge in [0, 0.05) is 19.0 Å². The summed E-state index contributed by atoms with van der Waals surface area (Å²) in [6.45, 7) is 2.00. The second-order valence-corrected chi connectivity index (χ2v) is 5.10. The topological polar surface area (TPSA) is 56.7 Å². The first kappa shape index (κ1) is 9.33. The van der Waals surface area contributed by atoms with E-state index in [1.807, 2.05) is 14.0 Å². The largest absolute Gasteiger partial charge is 0.327 e. The minimum atomic E-state index is 0.311. The van der Waals surface area contributed by atoms with Gasteiger partial charge < -0.3 is 10.3 Å². The predicted octanol–water partition coefficient (Wildman–Crippen LogP) is 0.964. The molecular weight excluding hydrogens is 188 g/mol. The van der Waals surface area contributed by atoms with E-state index < -0.39 is 0 Å². The highest BCUT2D eigenvalue weighted by Crippen LogP contribution is 2.51. The molecule has 4 unspecified atom stereocenters. The van der Waals surface area contributed by atoms with Crippen LogP contribution >= 0.6 is 0 Å². The molecule has 0 aliphatic heterocycles. The Morgan fingerprint density at radius 2 is 2.00 bits per heavy atom. The third-order valence-corrected chi connectivity index (χ3v) is 4.40. The molecule has 2 aliphatic carbocycles. The second kappa shape index (κ2) is 3.04. The molecule has 2 saturated carbocycles. The molecule has 15 heavy (non-hydrogen) atoms. The molecule has 0 amide bonds. The van der Waals surface area contributed by atoms with Crippen molar-refractivity contribution in [3.8, 4) is 0 Å². The van der Waals surface area contributed by atoms with Gasteiger partial charge in [0.15, 0.2) is 0 Å². The molecule has 2 fully saturated rings. The van der Waals surface area contributed by atoms with Crippen molar-refractivity contribution in [3.05, 3.63) is 11.6 Å². The molecule has 0 spiro atoms. The van der Waals surface area contributed by atoms with Gasteiger partial charge in [-0.1, -0.05) is 0 Å². The van der Waals surface area contributed by atoms with Crippen molar-refractivity contribution >= 4 is 0 Å². The van der Waals surface area contributed by atoms with Crippen LogP contribution in [0.2, 0.25) is 0 Å². The molecule has 1 aromatic rings. The fraction of sp³-hybridized carbons (Fsp3) is 0.818. The lowest BCUT2D eigenvalue weighted by atomic mass is 9.84. The van der Waals surface area contributed by atoms with Crippen LogP contribution in [0.5, 0.6) is 0 Å². The lowest BCUT2D eigenvalue weighted by molar-refractivity contribution is 0.348. The van der Waals surface area contributed by atoms with Crippen molar-refractivity contribution in [2.75, 3.05) is 0 Å². The summed E-state index contributed by atoms with van der Waals surface area (Å²) in [6, 6.07) is 0.311. The van der Waals surface area contributed by atoms with Gasteiger partial charge in [0.25, 0.3) is 0 Å². The van der Waals surface area contributed by atoms with Gasteiger partial charge in [0.2, 0.25) is 0 Å². The summed E-state index contributed by atoms with van der Waals surface area (Å²) in [4.78, 5) is 0. The average Bonchev–Trinajstić information content (AvgIpc) is 2.86. The molecule has 2 bridgehead atoms. The third-order valence-electron chi connectivity index (χ3n) is 4.40. The number of fused-ring (bicyclic) bond motifs is 2. The van der Waals surface area contributed by atoms with Crippen LogP contribution in [0.25, 0.3) is 0 Å². The molecule has 4 atom stereocenters. The third kappa shape index (κ3) is 1.17. The Hall–Kier alpha value is -0.900. The van der Waals surface area contributed by atoms with E-state index in [0.29, 0.717) is 12.0 Å². The van der Waals surface area contributed by atoms with Gasteiger partial charge in [0.1, 0.15) is 11.6 Å². The van der Waals surface area contributed by atoms with E-state index >= 15 is 0 Å². The van der Waals surface area contributed by atoms with E-state index in [4.69, 9.17) is 5.73 Å². The Bertz CT molecular complexity index is 382. The van der Waals surface area contributed by atoms with Crippen LogP contribution in [0, 0.1) is 18.8 Å². The van der Waals surface area contributed by atoms with Crippen molar-refractivity contribution in [1.82, 2.24) is 14.8 Å². The number of aryl methyl sites for hydroxylation is 1. The van der Waals surface area contributed by atoms with E-state index in [-0.39, 0.29) is 0 Å². The first-order chi connectivity index (χ1) is 7.18. The van der Waals surface area contributed by atoms with Gasteiger partial charge in [-0.25, -0.2) is 0 Å². The van der Waals surface area contributed by atoms with E-state index in [0.717, 1.165) is 23.5 Å². The average molecular weight is 206 g/mol. The van der Waals surface area contributed by atoms with Crippen LogP contribution < -0.4 is 5.73 Å². The highest BCUT2D eigenvalue weighted by Gasteiger charge is 2.48. The van der Waals surface area contributed by atoms with Crippen LogP contribution in [0.1, 0.15) is 36.8 Å². The minimum Gasteiger partial charge on any atom is -0.327 e. The molecule has 2 aliphatic rings. The molecule has 1 aromatic heterocycles. The summed E-state index contributed by atoms with van der Waals surface area (Å²) in [5, 5.41) is 8.44. The quantitative estimate of drug-likeness (QED) is 0.744. The molecule has 2 N–H and O–H groups in total. The number of hydrogen-bond donors (Lipinski definition) is 1. The second-order valence-electron chi connectivity index (χ2n) is 5.10. The zero-order valence-corrected chi connectivity index (χ0v) is 9.35. The summed E-state index contributed by atoms with van der Waals surface area (Å²) >= 11 is 0. The standard InChI is InChI=1S/C11H18N4/c1-6-13-14-11(15(6)2)9-7-3-4-8(5-7)10(9)12/h7-10H,3-5,12H2,1-2H3.